The van der Waals surface area contributed by atoms with E-state index in [4.69, 9.17) is 5.10 Å². The molecule has 2 heterocycles. The number of benzene rings is 2. The molecule has 3 aromatic rings. The Hall–Kier alpha value is -3.67. The molecule has 1 aliphatic carbocycles. The summed E-state index contributed by atoms with van der Waals surface area (Å²) < 4.78 is 1.92. The Morgan fingerprint density at radius 3 is 2.18 bits per heavy atom. The van der Waals surface area contributed by atoms with Gasteiger partial charge in [0.05, 0.1) is 12.2 Å². The van der Waals surface area contributed by atoms with E-state index in [-0.39, 0.29) is 17.7 Å². The van der Waals surface area contributed by atoms with E-state index in [9.17, 15) is 9.59 Å². The SMILES string of the molecule is O=C(/C=C/c1cn(Cc2ccccc2)nc1-c1ccccc1)N1CCN(C(=O)C2CC2)CC1. The average molecular weight is 441 g/mol. The molecule has 5 rings (SSSR count). The molecule has 6 heteroatoms. The third-order valence-corrected chi connectivity index (χ3v) is 6.26. The van der Waals surface area contributed by atoms with Crippen LogP contribution in [-0.4, -0.2) is 57.6 Å². The van der Waals surface area contributed by atoms with Crippen molar-refractivity contribution in [2.24, 2.45) is 5.92 Å². The van der Waals surface area contributed by atoms with E-state index in [1.54, 1.807) is 6.08 Å². The summed E-state index contributed by atoms with van der Waals surface area (Å²) in [5, 5.41) is 4.81. The fourth-order valence-corrected chi connectivity index (χ4v) is 4.23. The maximum absolute atomic E-state index is 12.8. The summed E-state index contributed by atoms with van der Waals surface area (Å²) in [6.45, 7) is 3.08. The highest BCUT2D eigenvalue weighted by Crippen LogP contribution is 2.31. The number of aromatic nitrogens is 2. The van der Waals surface area contributed by atoms with E-state index in [1.165, 1.54) is 5.56 Å². The minimum atomic E-state index is -0.0247. The van der Waals surface area contributed by atoms with Gasteiger partial charge in [0.2, 0.25) is 11.8 Å². The van der Waals surface area contributed by atoms with Crippen molar-refractivity contribution < 1.29 is 9.59 Å². The highest BCUT2D eigenvalue weighted by atomic mass is 16.2. The first-order valence-corrected chi connectivity index (χ1v) is 11.6. The first-order chi connectivity index (χ1) is 16.2. The third kappa shape index (κ3) is 5.06. The monoisotopic (exact) mass is 440 g/mol. The molecule has 0 N–H and O–H groups in total. The Morgan fingerprint density at radius 2 is 1.52 bits per heavy atom. The molecule has 0 bridgehead atoms. The summed E-state index contributed by atoms with van der Waals surface area (Å²) in [7, 11) is 0. The summed E-state index contributed by atoms with van der Waals surface area (Å²) in [5.74, 6) is 0.468. The average Bonchev–Trinajstić information content (AvgIpc) is 3.64. The predicted octanol–water partition coefficient (Wildman–Crippen LogP) is 3.69. The predicted molar refractivity (Wildman–Crippen MR) is 128 cm³/mol. The summed E-state index contributed by atoms with van der Waals surface area (Å²) in [5.41, 5.74) is 3.96. The van der Waals surface area contributed by atoms with Gasteiger partial charge in [-0.05, 0) is 24.5 Å². The van der Waals surface area contributed by atoms with Gasteiger partial charge in [-0.15, -0.1) is 0 Å². The maximum atomic E-state index is 12.8. The van der Waals surface area contributed by atoms with Gasteiger partial charge < -0.3 is 9.80 Å². The molecule has 1 saturated carbocycles. The lowest BCUT2D eigenvalue weighted by Gasteiger charge is -2.34. The zero-order chi connectivity index (χ0) is 22.6. The van der Waals surface area contributed by atoms with Crippen molar-refractivity contribution in [3.8, 4) is 11.3 Å². The van der Waals surface area contributed by atoms with Gasteiger partial charge in [0.1, 0.15) is 0 Å². The quantitative estimate of drug-likeness (QED) is 0.550. The molecule has 168 valence electrons. The topological polar surface area (TPSA) is 58.4 Å². The van der Waals surface area contributed by atoms with Crippen molar-refractivity contribution in [1.82, 2.24) is 19.6 Å². The van der Waals surface area contributed by atoms with Crippen molar-refractivity contribution in [3.63, 3.8) is 0 Å². The van der Waals surface area contributed by atoms with Crippen LogP contribution in [0.3, 0.4) is 0 Å². The van der Waals surface area contributed by atoms with Crippen molar-refractivity contribution in [2.45, 2.75) is 19.4 Å². The van der Waals surface area contributed by atoms with Crippen LogP contribution in [0.1, 0.15) is 24.0 Å². The van der Waals surface area contributed by atoms with Crippen LogP contribution in [0.4, 0.5) is 0 Å². The van der Waals surface area contributed by atoms with Crippen LogP contribution in [0.15, 0.2) is 72.9 Å². The second-order valence-corrected chi connectivity index (χ2v) is 8.74. The van der Waals surface area contributed by atoms with Gasteiger partial charge >= 0.3 is 0 Å². The van der Waals surface area contributed by atoms with Crippen LogP contribution < -0.4 is 0 Å². The lowest BCUT2D eigenvalue weighted by Crippen LogP contribution is -2.50. The van der Waals surface area contributed by atoms with Crippen molar-refractivity contribution in [2.75, 3.05) is 26.2 Å². The van der Waals surface area contributed by atoms with Crippen LogP contribution in [-0.2, 0) is 16.1 Å². The van der Waals surface area contributed by atoms with Crippen molar-refractivity contribution >= 4 is 17.9 Å². The Balaban J connectivity index is 1.30. The van der Waals surface area contributed by atoms with Gasteiger partial charge in [-0.25, -0.2) is 0 Å². The highest BCUT2D eigenvalue weighted by Gasteiger charge is 2.34. The summed E-state index contributed by atoms with van der Waals surface area (Å²) >= 11 is 0. The molecule has 33 heavy (non-hydrogen) atoms. The number of carbonyl (C=O) groups is 2. The van der Waals surface area contributed by atoms with Gasteiger partial charge in [0.25, 0.3) is 0 Å². The molecule has 0 unspecified atom stereocenters. The Bertz CT molecular complexity index is 1140. The zero-order valence-corrected chi connectivity index (χ0v) is 18.6. The molecular formula is C27H28N4O2. The second-order valence-electron chi connectivity index (χ2n) is 8.74. The van der Waals surface area contributed by atoms with Crippen LogP contribution in [0, 0.1) is 5.92 Å². The summed E-state index contributed by atoms with van der Waals surface area (Å²) in [6, 6.07) is 20.2. The van der Waals surface area contributed by atoms with Gasteiger partial charge in [0, 0.05) is 55.5 Å². The van der Waals surface area contributed by atoms with Gasteiger partial charge in [-0.2, -0.15) is 5.10 Å². The molecular weight excluding hydrogens is 412 g/mol. The van der Waals surface area contributed by atoms with E-state index in [1.807, 2.05) is 75.3 Å². The summed E-state index contributed by atoms with van der Waals surface area (Å²) in [6.07, 6.45) is 7.52. The van der Waals surface area contributed by atoms with E-state index in [2.05, 4.69) is 12.1 Å². The van der Waals surface area contributed by atoms with E-state index in [0.29, 0.717) is 32.7 Å². The molecule has 0 atom stereocenters. The Morgan fingerprint density at radius 1 is 0.879 bits per heavy atom. The number of amides is 2. The molecule has 1 aromatic heterocycles. The number of rotatable bonds is 6. The highest BCUT2D eigenvalue weighted by molar-refractivity contribution is 5.93. The Kier molecular flexibility index (Phi) is 6.07. The van der Waals surface area contributed by atoms with E-state index < -0.39 is 0 Å². The smallest absolute Gasteiger partial charge is 0.246 e. The summed E-state index contributed by atoms with van der Waals surface area (Å²) in [4.78, 5) is 28.8. The van der Waals surface area contributed by atoms with Crippen LogP contribution in [0.25, 0.3) is 17.3 Å². The van der Waals surface area contributed by atoms with Gasteiger partial charge in [-0.3, -0.25) is 14.3 Å². The molecule has 2 amide bonds. The van der Waals surface area contributed by atoms with E-state index in [0.717, 1.165) is 29.7 Å². The number of piperazine rings is 1. The molecule has 2 aliphatic rings. The lowest BCUT2D eigenvalue weighted by molar-refractivity contribution is -0.138. The minimum absolute atomic E-state index is 0.0247. The molecule has 2 fully saturated rings. The normalized spacial score (nSPS) is 16.4. The molecule has 2 aromatic carbocycles. The molecule has 1 aliphatic heterocycles. The lowest BCUT2D eigenvalue weighted by atomic mass is 10.1. The van der Waals surface area contributed by atoms with Crippen LogP contribution in [0.5, 0.6) is 0 Å². The third-order valence-electron chi connectivity index (χ3n) is 6.26. The standard InChI is InChI=1S/C27H28N4O2/c32-25(29-15-17-30(18-16-29)27(33)23-11-12-23)14-13-24-20-31(19-21-7-3-1-4-8-21)28-26(24)22-9-5-2-6-10-22/h1-10,13-14,20,23H,11-12,15-19H2/b14-13+. The maximum Gasteiger partial charge on any atom is 0.246 e. The number of hydrogen-bond acceptors (Lipinski definition) is 3. The van der Waals surface area contributed by atoms with E-state index >= 15 is 0 Å². The second kappa shape index (κ2) is 9.45. The first-order valence-electron chi connectivity index (χ1n) is 11.6. The van der Waals surface area contributed by atoms with Crippen molar-refractivity contribution in [1.29, 1.82) is 0 Å². The van der Waals surface area contributed by atoms with Crippen LogP contribution >= 0.6 is 0 Å². The van der Waals surface area contributed by atoms with Gasteiger partial charge in [0.15, 0.2) is 0 Å². The number of carbonyl (C=O) groups excluding carboxylic acids is 2. The molecule has 0 spiro atoms. The van der Waals surface area contributed by atoms with Crippen LogP contribution in [0.2, 0.25) is 0 Å². The minimum Gasteiger partial charge on any atom is -0.339 e. The number of nitrogens with zero attached hydrogens (tertiary/aromatic N) is 4. The largest absolute Gasteiger partial charge is 0.339 e. The molecule has 1 saturated heterocycles. The van der Waals surface area contributed by atoms with Crippen molar-refractivity contribution in [3.05, 3.63) is 84.1 Å². The molecule has 0 radical (unpaired) electrons. The fraction of sp³-hybridized carbons (Fsp3) is 0.296. The zero-order valence-electron chi connectivity index (χ0n) is 18.6. The Labute approximate surface area is 194 Å². The number of hydrogen-bond donors (Lipinski definition) is 0. The van der Waals surface area contributed by atoms with Gasteiger partial charge in [-0.1, -0.05) is 60.7 Å². The molecule has 6 nitrogen and oxygen atoms in total. The fourth-order valence-electron chi connectivity index (χ4n) is 4.23. The first kappa shape index (κ1) is 21.2.